The van der Waals surface area contributed by atoms with Crippen molar-refractivity contribution >= 4 is 16.5 Å². The zero-order chi connectivity index (χ0) is 13.8. The number of piperidine rings is 1. The van der Waals surface area contributed by atoms with Gasteiger partial charge in [-0.1, -0.05) is 13.3 Å². The molecule has 0 spiro atoms. The van der Waals surface area contributed by atoms with E-state index in [2.05, 4.69) is 30.8 Å². The van der Waals surface area contributed by atoms with Gasteiger partial charge in [0.15, 0.2) is 5.13 Å². The molecule has 0 saturated carbocycles. The lowest BCUT2D eigenvalue weighted by atomic mass is 10.1. The SMILES string of the molecule is CCCc1nc(N2CCCC(N(C)C)C2)sc1CN. The number of hydrogen-bond acceptors (Lipinski definition) is 5. The lowest BCUT2D eigenvalue weighted by molar-refractivity contribution is 0.258. The standard InChI is InChI=1S/C14H26N4S/c1-4-6-12-13(9-15)19-14(16-12)18-8-5-7-11(10-18)17(2)3/h11H,4-10,15H2,1-3H3. The number of rotatable bonds is 5. The van der Waals surface area contributed by atoms with Crippen LogP contribution in [0.15, 0.2) is 0 Å². The minimum atomic E-state index is 0.623. The lowest BCUT2D eigenvalue weighted by Crippen LogP contribution is -2.45. The van der Waals surface area contributed by atoms with Gasteiger partial charge in [0.1, 0.15) is 0 Å². The van der Waals surface area contributed by atoms with Crippen LogP contribution in [-0.2, 0) is 13.0 Å². The zero-order valence-electron chi connectivity index (χ0n) is 12.4. The molecule has 1 aliphatic rings. The first-order valence-electron chi connectivity index (χ1n) is 7.25. The topological polar surface area (TPSA) is 45.4 Å². The number of likely N-dealkylation sites (N-methyl/N-ethyl adjacent to an activating group) is 1. The van der Waals surface area contributed by atoms with Crippen LogP contribution in [0.4, 0.5) is 5.13 Å². The Balaban J connectivity index is 2.12. The predicted octanol–water partition coefficient (Wildman–Crippen LogP) is 2.08. The van der Waals surface area contributed by atoms with E-state index in [0.717, 1.165) is 25.9 Å². The van der Waals surface area contributed by atoms with Gasteiger partial charge in [-0.2, -0.15) is 0 Å². The van der Waals surface area contributed by atoms with E-state index < -0.39 is 0 Å². The molecular weight excluding hydrogens is 256 g/mol. The summed E-state index contributed by atoms with van der Waals surface area (Å²) in [6, 6.07) is 0.647. The molecule has 1 fully saturated rings. The van der Waals surface area contributed by atoms with Crippen LogP contribution in [0.5, 0.6) is 0 Å². The van der Waals surface area contributed by atoms with Crippen LogP contribution in [0.1, 0.15) is 36.8 Å². The average molecular weight is 282 g/mol. The predicted molar refractivity (Wildman–Crippen MR) is 82.9 cm³/mol. The molecule has 5 heteroatoms. The molecule has 1 aromatic heterocycles. The van der Waals surface area contributed by atoms with Gasteiger partial charge in [0, 0.05) is 30.6 Å². The van der Waals surface area contributed by atoms with Crippen LogP contribution in [-0.4, -0.2) is 43.1 Å². The first kappa shape index (κ1) is 14.8. The molecule has 1 aromatic rings. The molecular formula is C14H26N4S. The van der Waals surface area contributed by atoms with Gasteiger partial charge in [-0.25, -0.2) is 4.98 Å². The minimum Gasteiger partial charge on any atom is -0.347 e. The van der Waals surface area contributed by atoms with E-state index in [1.807, 2.05) is 0 Å². The molecule has 1 aliphatic heterocycles. The van der Waals surface area contributed by atoms with Crippen molar-refractivity contribution in [2.75, 3.05) is 32.1 Å². The zero-order valence-corrected chi connectivity index (χ0v) is 13.2. The molecule has 1 atom stereocenters. The average Bonchev–Trinajstić information content (AvgIpc) is 2.82. The van der Waals surface area contributed by atoms with Gasteiger partial charge in [0.05, 0.1) is 5.69 Å². The highest BCUT2D eigenvalue weighted by molar-refractivity contribution is 7.15. The first-order valence-corrected chi connectivity index (χ1v) is 8.07. The third-order valence-corrected chi connectivity index (χ3v) is 5.02. The molecule has 0 bridgehead atoms. The Morgan fingerprint density at radius 3 is 2.89 bits per heavy atom. The van der Waals surface area contributed by atoms with Crippen molar-refractivity contribution in [3.8, 4) is 0 Å². The Bertz CT molecular complexity index is 402. The Labute approximate surface area is 120 Å². The van der Waals surface area contributed by atoms with Crippen LogP contribution in [0.2, 0.25) is 0 Å². The lowest BCUT2D eigenvalue weighted by Gasteiger charge is -2.35. The Morgan fingerprint density at radius 1 is 1.47 bits per heavy atom. The second-order valence-corrected chi connectivity index (χ2v) is 6.59. The second kappa shape index (κ2) is 6.68. The van der Waals surface area contributed by atoms with Crippen molar-refractivity contribution in [2.45, 2.75) is 45.2 Å². The monoisotopic (exact) mass is 282 g/mol. The van der Waals surface area contributed by atoms with E-state index in [-0.39, 0.29) is 0 Å². The summed E-state index contributed by atoms with van der Waals surface area (Å²) in [6.07, 6.45) is 4.73. The molecule has 0 aromatic carbocycles. The van der Waals surface area contributed by atoms with Crippen molar-refractivity contribution in [2.24, 2.45) is 5.73 Å². The van der Waals surface area contributed by atoms with Gasteiger partial charge in [0.2, 0.25) is 0 Å². The highest BCUT2D eigenvalue weighted by Crippen LogP contribution is 2.29. The van der Waals surface area contributed by atoms with Crippen LogP contribution in [0, 0.1) is 0 Å². The second-order valence-electron chi connectivity index (χ2n) is 5.53. The maximum absolute atomic E-state index is 5.84. The Kier molecular flexibility index (Phi) is 5.19. The van der Waals surface area contributed by atoms with E-state index in [1.165, 1.54) is 28.5 Å². The molecule has 0 aliphatic carbocycles. The summed E-state index contributed by atoms with van der Waals surface area (Å²) in [4.78, 5) is 10.9. The molecule has 1 unspecified atom stereocenters. The molecule has 2 rings (SSSR count). The van der Waals surface area contributed by atoms with Gasteiger partial charge >= 0.3 is 0 Å². The maximum Gasteiger partial charge on any atom is 0.185 e. The Morgan fingerprint density at radius 2 is 2.26 bits per heavy atom. The molecule has 2 heterocycles. The summed E-state index contributed by atoms with van der Waals surface area (Å²) in [6.45, 7) is 5.05. The van der Waals surface area contributed by atoms with Gasteiger partial charge < -0.3 is 15.5 Å². The van der Waals surface area contributed by atoms with E-state index in [4.69, 9.17) is 10.7 Å². The van der Waals surface area contributed by atoms with E-state index in [9.17, 15) is 0 Å². The first-order chi connectivity index (χ1) is 9.15. The third kappa shape index (κ3) is 3.46. The van der Waals surface area contributed by atoms with Gasteiger partial charge in [0.25, 0.3) is 0 Å². The van der Waals surface area contributed by atoms with Crippen molar-refractivity contribution in [1.29, 1.82) is 0 Å². The number of thiazole rings is 1. The fraction of sp³-hybridized carbons (Fsp3) is 0.786. The third-order valence-electron chi connectivity index (χ3n) is 3.84. The van der Waals surface area contributed by atoms with Crippen LogP contribution in [0.25, 0.3) is 0 Å². The Hall–Kier alpha value is -0.650. The summed E-state index contributed by atoms with van der Waals surface area (Å²) in [5, 5.41) is 1.18. The fourth-order valence-electron chi connectivity index (χ4n) is 2.65. The highest BCUT2D eigenvalue weighted by atomic mass is 32.1. The summed E-state index contributed by atoms with van der Waals surface area (Å²) in [5.74, 6) is 0. The van der Waals surface area contributed by atoms with Crippen molar-refractivity contribution in [3.63, 3.8) is 0 Å². The van der Waals surface area contributed by atoms with E-state index in [0.29, 0.717) is 12.6 Å². The van der Waals surface area contributed by atoms with Gasteiger partial charge in [-0.05, 0) is 33.4 Å². The fourth-order valence-corrected chi connectivity index (χ4v) is 3.67. The van der Waals surface area contributed by atoms with Crippen LogP contribution >= 0.6 is 11.3 Å². The minimum absolute atomic E-state index is 0.623. The van der Waals surface area contributed by atoms with Crippen LogP contribution < -0.4 is 10.6 Å². The van der Waals surface area contributed by atoms with Gasteiger partial charge in [-0.15, -0.1) is 11.3 Å². The van der Waals surface area contributed by atoms with E-state index >= 15 is 0 Å². The molecule has 19 heavy (non-hydrogen) atoms. The van der Waals surface area contributed by atoms with Crippen molar-refractivity contribution in [1.82, 2.24) is 9.88 Å². The number of aryl methyl sites for hydroxylation is 1. The summed E-state index contributed by atoms with van der Waals surface area (Å²) in [7, 11) is 4.34. The highest BCUT2D eigenvalue weighted by Gasteiger charge is 2.24. The maximum atomic E-state index is 5.84. The molecule has 0 radical (unpaired) electrons. The number of aromatic nitrogens is 1. The summed E-state index contributed by atoms with van der Waals surface area (Å²) >= 11 is 1.79. The number of anilines is 1. The molecule has 0 amide bonds. The van der Waals surface area contributed by atoms with Crippen molar-refractivity contribution < 1.29 is 0 Å². The molecule has 2 N–H and O–H groups in total. The number of hydrogen-bond donors (Lipinski definition) is 1. The molecule has 4 nitrogen and oxygen atoms in total. The summed E-state index contributed by atoms with van der Waals surface area (Å²) in [5.41, 5.74) is 7.06. The largest absolute Gasteiger partial charge is 0.347 e. The summed E-state index contributed by atoms with van der Waals surface area (Å²) < 4.78 is 0. The van der Waals surface area contributed by atoms with Gasteiger partial charge in [-0.3, -0.25) is 0 Å². The molecule has 108 valence electrons. The normalized spacial score (nSPS) is 20.3. The van der Waals surface area contributed by atoms with E-state index in [1.54, 1.807) is 11.3 Å². The quantitative estimate of drug-likeness (QED) is 0.898. The molecule has 1 saturated heterocycles. The van der Waals surface area contributed by atoms with Crippen LogP contribution in [0.3, 0.4) is 0 Å². The number of nitrogens with zero attached hydrogens (tertiary/aromatic N) is 3. The smallest absolute Gasteiger partial charge is 0.185 e. The number of nitrogens with two attached hydrogens (primary N) is 1. The van der Waals surface area contributed by atoms with Crippen molar-refractivity contribution in [3.05, 3.63) is 10.6 Å².